The van der Waals surface area contributed by atoms with E-state index in [2.05, 4.69) is 38.2 Å². The Bertz CT molecular complexity index is 686. The Morgan fingerprint density at radius 3 is 1.18 bits per heavy atom. The first-order chi connectivity index (χ1) is 22.1. The summed E-state index contributed by atoms with van der Waals surface area (Å²) >= 11 is 0. The van der Waals surface area contributed by atoms with Crippen LogP contribution in [0, 0.1) is 0 Å². The highest BCUT2D eigenvalue weighted by atomic mass is 16.6. The van der Waals surface area contributed by atoms with Crippen LogP contribution < -0.4 is 0 Å². The molecule has 1 atom stereocenters. The van der Waals surface area contributed by atoms with Gasteiger partial charge in [-0.1, -0.05) is 167 Å². The maximum absolute atomic E-state index is 12.0. The number of unbranched alkanes of at least 4 members (excludes halogenated alkanes) is 23. The van der Waals surface area contributed by atoms with E-state index in [0.29, 0.717) is 12.8 Å². The van der Waals surface area contributed by atoms with Crippen molar-refractivity contribution in [3.05, 3.63) is 24.3 Å². The van der Waals surface area contributed by atoms with Crippen LogP contribution in [0.3, 0.4) is 0 Å². The van der Waals surface area contributed by atoms with Crippen LogP contribution >= 0.6 is 0 Å². The zero-order valence-electron chi connectivity index (χ0n) is 29.9. The fourth-order valence-corrected chi connectivity index (χ4v) is 5.47. The van der Waals surface area contributed by atoms with Crippen molar-refractivity contribution >= 4 is 11.9 Å². The van der Waals surface area contributed by atoms with Crippen molar-refractivity contribution in [2.75, 3.05) is 13.2 Å². The Labute approximate surface area is 279 Å². The van der Waals surface area contributed by atoms with Gasteiger partial charge in [0.25, 0.3) is 0 Å². The molecular formula is C40H74O5. The number of aliphatic hydroxyl groups is 1. The molecule has 5 nitrogen and oxygen atoms in total. The number of rotatable bonds is 35. The fourth-order valence-electron chi connectivity index (χ4n) is 5.47. The van der Waals surface area contributed by atoms with Crippen molar-refractivity contribution in [2.24, 2.45) is 0 Å². The van der Waals surface area contributed by atoms with Crippen LogP contribution in [0.1, 0.15) is 200 Å². The Hall–Kier alpha value is -1.62. The Balaban J connectivity index is 3.43. The van der Waals surface area contributed by atoms with Crippen LogP contribution in [0.4, 0.5) is 0 Å². The molecule has 0 bridgehead atoms. The standard InChI is InChI=1S/C40H74O5/c1-3-5-7-9-11-13-15-17-19-21-23-25-27-29-31-33-35-40(43)45-37-38(41)36-44-39(42)34-32-30-28-26-24-22-20-18-16-14-12-10-8-6-4-2/h12,14,18,20,38,41H,3-11,13,15-17,19,21-37H2,1-2H3/b14-12-,20-18-/t38-/m0/s1. The van der Waals surface area contributed by atoms with Gasteiger partial charge in [-0.05, 0) is 44.9 Å². The van der Waals surface area contributed by atoms with E-state index in [1.165, 1.54) is 128 Å². The lowest BCUT2D eigenvalue weighted by atomic mass is 10.0. The Morgan fingerprint density at radius 2 is 0.778 bits per heavy atom. The summed E-state index contributed by atoms with van der Waals surface area (Å²) in [4.78, 5) is 23.9. The number of hydrogen-bond acceptors (Lipinski definition) is 5. The van der Waals surface area contributed by atoms with Gasteiger partial charge in [0.2, 0.25) is 0 Å². The van der Waals surface area contributed by atoms with Gasteiger partial charge in [0.15, 0.2) is 0 Å². The van der Waals surface area contributed by atoms with Gasteiger partial charge in [0.1, 0.15) is 19.3 Å². The van der Waals surface area contributed by atoms with E-state index < -0.39 is 6.10 Å². The SMILES string of the molecule is CCCCC/C=C\C/C=C\CCCCCCCC(=O)OC[C@H](O)COC(=O)CCCCCCCCCCCCCCCCCC. The van der Waals surface area contributed by atoms with Gasteiger partial charge < -0.3 is 14.6 Å². The minimum atomic E-state index is -0.965. The van der Waals surface area contributed by atoms with E-state index in [0.717, 1.165) is 44.9 Å². The average molecular weight is 635 g/mol. The summed E-state index contributed by atoms with van der Waals surface area (Å²) in [5, 5.41) is 10.00. The van der Waals surface area contributed by atoms with Crippen LogP contribution in [0.2, 0.25) is 0 Å². The van der Waals surface area contributed by atoms with Crippen LogP contribution in [-0.2, 0) is 19.1 Å². The van der Waals surface area contributed by atoms with E-state index in [4.69, 9.17) is 9.47 Å². The number of allylic oxidation sites excluding steroid dienone is 4. The first kappa shape index (κ1) is 43.4. The third kappa shape index (κ3) is 36.7. The molecule has 0 saturated heterocycles. The van der Waals surface area contributed by atoms with Crippen molar-refractivity contribution in [3.8, 4) is 0 Å². The normalized spacial score (nSPS) is 12.3. The second-order valence-corrected chi connectivity index (χ2v) is 13.1. The van der Waals surface area contributed by atoms with E-state index in [9.17, 15) is 14.7 Å². The average Bonchev–Trinajstić information content (AvgIpc) is 3.04. The summed E-state index contributed by atoms with van der Waals surface area (Å²) in [7, 11) is 0. The molecule has 0 spiro atoms. The fraction of sp³-hybridized carbons (Fsp3) is 0.850. The van der Waals surface area contributed by atoms with Crippen molar-refractivity contribution < 1.29 is 24.2 Å². The van der Waals surface area contributed by atoms with Crippen LogP contribution in [0.25, 0.3) is 0 Å². The lowest BCUT2D eigenvalue weighted by Gasteiger charge is -2.12. The Morgan fingerprint density at radius 1 is 0.467 bits per heavy atom. The monoisotopic (exact) mass is 635 g/mol. The van der Waals surface area contributed by atoms with Gasteiger partial charge in [-0.3, -0.25) is 9.59 Å². The number of carbonyl (C=O) groups excluding carboxylic acids is 2. The lowest BCUT2D eigenvalue weighted by Crippen LogP contribution is -2.25. The summed E-state index contributed by atoms with van der Waals surface area (Å²) in [6.45, 7) is 4.27. The summed E-state index contributed by atoms with van der Waals surface area (Å²) in [5.41, 5.74) is 0. The number of hydrogen-bond donors (Lipinski definition) is 1. The zero-order chi connectivity index (χ0) is 32.9. The molecule has 1 N–H and O–H groups in total. The maximum Gasteiger partial charge on any atom is 0.305 e. The van der Waals surface area contributed by atoms with E-state index in [-0.39, 0.29) is 25.2 Å². The highest BCUT2D eigenvalue weighted by molar-refractivity contribution is 5.69. The molecule has 0 amide bonds. The molecule has 0 aromatic heterocycles. The second-order valence-electron chi connectivity index (χ2n) is 13.1. The van der Waals surface area contributed by atoms with Crippen LogP contribution in [-0.4, -0.2) is 36.4 Å². The third-order valence-corrected chi connectivity index (χ3v) is 8.44. The molecule has 0 aliphatic heterocycles. The summed E-state index contributed by atoms with van der Waals surface area (Å²) in [6, 6.07) is 0. The number of aliphatic hydroxyl groups excluding tert-OH is 1. The Kier molecular flexibility index (Phi) is 35.5. The van der Waals surface area contributed by atoms with Gasteiger partial charge in [0.05, 0.1) is 0 Å². The maximum atomic E-state index is 12.0. The third-order valence-electron chi connectivity index (χ3n) is 8.44. The smallest absolute Gasteiger partial charge is 0.305 e. The van der Waals surface area contributed by atoms with Crippen molar-refractivity contribution in [1.82, 2.24) is 0 Å². The molecule has 0 radical (unpaired) electrons. The second kappa shape index (κ2) is 36.8. The van der Waals surface area contributed by atoms with E-state index in [1.54, 1.807) is 0 Å². The topological polar surface area (TPSA) is 72.8 Å². The molecule has 0 aromatic carbocycles. The van der Waals surface area contributed by atoms with E-state index in [1.807, 2.05) is 0 Å². The predicted octanol–water partition coefficient (Wildman–Crippen LogP) is 11.9. The quantitative estimate of drug-likeness (QED) is 0.0426. The van der Waals surface area contributed by atoms with Crippen LogP contribution in [0.15, 0.2) is 24.3 Å². The van der Waals surface area contributed by atoms with E-state index >= 15 is 0 Å². The number of ether oxygens (including phenoxy) is 2. The molecule has 0 aliphatic rings. The van der Waals surface area contributed by atoms with Gasteiger partial charge in [-0.2, -0.15) is 0 Å². The molecule has 0 aliphatic carbocycles. The molecule has 0 aromatic rings. The molecule has 5 heteroatoms. The first-order valence-electron chi connectivity index (χ1n) is 19.4. The number of esters is 2. The molecule has 0 saturated carbocycles. The van der Waals surface area contributed by atoms with Gasteiger partial charge in [0, 0.05) is 12.8 Å². The minimum absolute atomic E-state index is 0.116. The molecule has 264 valence electrons. The van der Waals surface area contributed by atoms with Gasteiger partial charge in [-0.15, -0.1) is 0 Å². The zero-order valence-corrected chi connectivity index (χ0v) is 29.9. The summed E-state index contributed by atoms with van der Waals surface area (Å²) in [6.07, 6.45) is 42.3. The van der Waals surface area contributed by atoms with Crippen molar-refractivity contribution in [3.63, 3.8) is 0 Å². The summed E-state index contributed by atoms with van der Waals surface area (Å²) < 4.78 is 10.3. The predicted molar refractivity (Wildman–Crippen MR) is 191 cm³/mol. The minimum Gasteiger partial charge on any atom is -0.463 e. The first-order valence-corrected chi connectivity index (χ1v) is 19.4. The molecule has 0 rings (SSSR count). The lowest BCUT2D eigenvalue weighted by molar-refractivity contribution is -0.152. The molecule has 0 unspecified atom stereocenters. The largest absolute Gasteiger partial charge is 0.463 e. The highest BCUT2D eigenvalue weighted by Crippen LogP contribution is 2.14. The van der Waals surface area contributed by atoms with Gasteiger partial charge in [-0.25, -0.2) is 0 Å². The summed E-state index contributed by atoms with van der Waals surface area (Å²) in [5.74, 6) is -0.574. The number of carbonyl (C=O) groups is 2. The van der Waals surface area contributed by atoms with Gasteiger partial charge >= 0.3 is 11.9 Å². The molecule has 45 heavy (non-hydrogen) atoms. The van der Waals surface area contributed by atoms with Crippen molar-refractivity contribution in [2.45, 2.75) is 206 Å². The molecule has 0 heterocycles. The molecule has 0 fully saturated rings. The highest BCUT2D eigenvalue weighted by Gasteiger charge is 2.12. The van der Waals surface area contributed by atoms with Crippen molar-refractivity contribution in [1.29, 1.82) is 0 Å². The molecular weight excluding hydrogens is 560 g/mol. The van der Waals surface area contributed by atoms with Crippen LogP contribution in [0.5, 0.6) is 0 Å².